The van der Waals surface area contributed by atoms with E-state index in [1.165, 1.54) is 5.57 Å². The van der Waals surface area contributed by atoms with Crippen molar-refractivity contribution < 1.29 is 0 Å². The minimum Gasteiger partial charge on any atom is -0.316 e. The fraction of sp³-hybridized carbons (Fsp3) is 0.727. The predicted molar refractivity (Wildman–Crippen MR) is 60.0 cm³/mol. The van der Waals surface area contributed by atoms with E-state index in [0.29, 0.717) is 12.5 Å². The van der Waals surface area contributed by atoms with Crippen molar-refractivity contribution in [3.8, 4) is 6.07 Å². The lowest BCUT2D eigenvalue weighted by Crippen LogP contribution is -2.34. The smallest absolute Gasteiger partial charge is 0.0635 e. The summed E-state index contributed by atoms with van der Waals surface area (Å²) in [6.07, 6.45) is 0.588. The average molecular weight is 195 g/mol. The van der Waals surface area contributed by atoms with Gasteiger partial charge in [-0.25, -0.2) is 0 Å². The zero-order valence-electron chi connectivity index (χ0n) is 9.51. The maximum atomic E-state index is 8.52. The molecule has 3 nitrogen and oxygen atoms in total. The van der Waals surface area contributed by atoms with E-state index in [-0.39, 0.29) is 0 Å². The summed E-state index contributed by atoms with van der Waals surface area (Å²) < 4.78 is 0. The van der Waals surface area contributed by atoms with Gasteiger partial charge in [-0.05, 0) is 26.5 Å². The van der Waals surface area contributed by atoms with Gasteiger partial charge >= 0.3 is 0 Å². The van der Waals surface area contributed by atoms with Gasteiger partial charge in [-0.2, -0.15) is 5.26 Å². The molecule has 0 atom stereocenters. The normalized spacial score (nSPS) is 10.6. The quantitative estimate of drug-likeness (QED) is 0.624. The number of hydrogen-bond donors (Lipinski definition) is 1. The molecule has 0 spiro atoms. The first-order valence-electron chi connectivity index (χ1n) is 5.04. The topological polar surface area (TPSA) is 39.1 Å². The molecular weight excluding hydrogens is 174 g/mol. The number of nitrogens with one attached hydrogen (secondary N) is 1. The van der Waals surface area contributed by atoms with Crippen LogP contribution in [-0.4, -0.2) is 37.6 Å². The third kappa shape index (κ3) is 5.74. The number of hydrogen-bond acceptors (Lipinski definition) is 3. The van der Waals surface area contributed by atoms with Crippen molar-refractivity contribution in [3.63, 3.8) is 0 Å². The Bertz CT molecular complexity index is 203. The summed E-state index contributed by atoms with van der Waals surface area (Å²) in [6.45, 7) is 10.8. The largest absolute Gasteiger partial charge is 0.316 e. The van der Waals surface area contributed by atoms with E-state index in [2.05, 4.69) is 36.7 Å². The molecule has 0 saturated carbocycles. The second-order valence-corrected chi connectivity index (χ2v) is 3.75. The minimum absolute atomic E-state index is 0.469. The highest BCUT2D eigenvalue weighted by molar-refractivity contribution is 5.00. The van der Waals surface area contributed by atoms with Crippen LogP contribution >= 0.6 is 0 Å². The van der Waals surface area contributed by atoms with Crippen molar-refractivity contribution in [3.05, 3.63) is 12.2 Å². The van der Waals surface area contributed by atoms with Gasteiger partial charge in [-0.3, -0.25) is 4.90 Å². The summed E-state index contributed by atoms with van der Waals surface area (Å²) in [7, 11) is 1.92. The number of rotatable bonds is 7. The highest BCUT2D eigenvalue weighted by Gasteiger charge is 2.09. The van der Waals surface area contributed by atoms with Crippen molar-refractivity contribution in [1.29, 1.82) is 5.26 Å². The van der Waals surface area contributed by atoms with Crippen LogP contribution in [0.15, 0.2) is 12.2 Å². The van der Waals surface area contributed by atoms with Gasteiger partial charge in [0.1, 0.15) is 0 Å². The van der Waals surface area contributed by atoms with Crippen LogP contribution in [0.3, 0.4) is 0 Å². The Morgan fingerprint density at radius 2 is 2.21 bits per heavy atom. The summed E-state index contributed by atoms with van der Waals surface area (Å²) in [4.78, 5) is 2.27. The Kier molecular flexibility index (Phi) is 7.09. The van der Waals surface area contributed by atoms with Crippen molar-refractivity contribution in [2.75, 3.05) is 26.7 Å². The molecule has 0 aromatic heterocycles. The molecule has 14 heavy (non-hydrogen) atoms. The van der Waals surface area contributed by atoms with Gasteiger partial charge in [0.05, 0.1) is 6.07 Å². The van der Waals surface area contributed by atoms with Gasteiger partial charge in [-0.1, -0.05) is 6.58 Å². The van der Waals surface area contributed by atoms with Crippen LogP contribution in [-0.2, 0) is 0 Å². The highest BCUT2D eigenvalue weighted by Crippen LogP contribution is 2.03. The molecule has 1 N–H and O–H groups in total. The first-order valence-corrected chi connectivity index (χ1v) is 5.04. The van der Waals surface area contributed by atoms with Crippen LogP contribution in [0.5, 0.6) is 0 Å². The summed E-state index contributed by atoms with van der Waals surface area (Å²) in [6, 6.07) is 2.64. The second kappa shape index (κ2) is 7.54. The molecule has 0 aromatic rings. The molecule has 0 rings (SSSR count). The SMILES string of the molecule is C=C(CNC)CN(CCC#N)C(C)C. The second-order valence-electron chi connectivity index (χ2n) is 3.75. The molecule has 0 heterocycles. The summed E-state index contributed by atoms with van der Waals surface area (Å²) in [5, 5.41) is 11.6. The molecule has 0 saturated heterocycles. The monoisotopic (exact) mass is 195 g/mol. The standard InChI is InChI=1S/C11H21N3/c1-10(2)14(7-5-6-12)9-11(3)8-13-4/h10,13H,3,5,7-9H2,1-2,4H3. The van der Waals surface area contributed by atoms with E-state index in [4.69, 9.17) is 5.26 Å². The summed E-state index contributed by atoms with van der Waals surface area (Å²) in [5.41, 5.74) is 1.17. The first kappa shape index (κ1) is 13.2. The lowest BCUT2D eigenvalue weighted by atomic mass is 10.2. The molecule has 0 aliphatic rings. The van der Waals surface area contributed by atoms with Gasteiger partial charge in [-0.15, -0.1) is 0 Å². The van der Waals surface area contributed by atoms with E-state index in [9.17, 15) is 0 Å². The molecule has 0 unspecified atom stereocenters. The predicted octanol–water partition coefficient (Wildman–Crippen LogP) is 1.39. The Labute approximate surface area is 87.4 Å². The molecule has 3 heteroatoms. The van der Waals surface area contributed by atoms with Crippen LogP contribution in [0, 0.1) is 11.3 Å². The van der Waals surface area contributed by atoms with Crippen molar-refractivity contribution >= 4 is 0 Å². The first-order chi connectivity index (χ1) is 6.61. The van der Waals surface area contributed by atoms with Gasteiger partial charge in [0.2, 0.25) is 0 Å². The third-order valence-corrected chi connectivity index (χ3v) is 2.09. The third-order valence-electron chi connectivity index (χ3n) is 2.09. The number of likely N-dealkylation sites (N-methyl/N-ethyl adjacent to an activating group) is 1. The molecule has 0 radical (unpaired) electrons. The Balaban J connectivity index is 3.97. The zero-order chi connectivity index (χ0) is 11.0. The van der Waals surface area contributed by atoms with Gasteiger partial charge in [0, 0.05) is 32.1 Å². The van der Waals surface area contributed by atoms with Crippen LogP contribution < -0.4 is 5.32 Å². The molecule has 0 fully saturated rings. The molecule has 0 aliphatic carbocycles. The fourth-order valence-electron chi connectivity index (χ4n) is 1.31. The van der Waals surface area contributed by atoms with Gasteiger partial charge < -0.3 is 5.32 Å². The van der Waals surface area contributed by atoms with Crippen molar-refractivity contribution in [2.24, 2.45) is 0 Å². The van der Waals surface area contributed by atoms with Gasteiger partial charge in [0.25, 0.3) is 0 Å². The van der Waals surface area contributed by atoms with Gasteiger partial charge in [0.15, 0.2) is 0 Å². The van der Waals surface area contributed by atoms with Crippen LogP contribution in [0.4, 0.5) is 0 Å². The van der Waals surface area contributed by atoms with E-state index in [1.807, 2.05) is 7.05 Å². The summed E-state index contributed by atoms with van der Waals surface area (Å²) >= 11 is 0. The van der Waals surface area contributed by atoms with Crippen molar-refractivity contribution in [2.45, 2.75) is 26.3 Å². The fourth-order valence-corrected chi connectivity index (χ4v) is 1.31. The zero-order valence-corrected chi connectivity index (χ0v) is 9.51. The Morgan fingerprint density at radius 1 is 1.57 bits per heavy atom. The molecule has 80 valence electrons. The molecular formula is C11H21N3. The van der Waals surface area contributed by atoms with Crippen molar-refractivity contribution in [1.82, 2.24) is 10.2 Å². The van der Waals surface area contributed by atoms with E-state index in [0.717, 1.165) is 19.6 Å². The van der Waals surface area contributed by atoms with Crippen LogP contribution in [0.1, 0.15) is 20.3 Å². The van der Waals surface area contributed by atoms with E-state index < -0.39 is 0 Å². The van der Waals surface area contributed by atoms with E-state index in [1.54, 1.807) is 0 Å². The highest BCUT2D eigenvalue weighted by atomic mass is 15.1. The number of nitrogens with zero attached hydrogens (tertiary/aromatic N) is 2. The lowest BCUT2D eigenvalue weighted by Gasteiger charge is -2.26. The van der Waals surface area contributed by atoms with Crippen LogP contribution in [0.25, 0.3) is 0 Å². The Hall–Kier alpha value is -0.850. The maximum absolute atomic E-state index is 8.52. The lowest BCUT2D eigenvalue weighted by molar-refractivity contribution is 0.245. The van der Waals surface area contributed by atoms with Crippen LogP contribution in [0.2, 0.25) is 0 Å². The average Bonchev–Trinajstić information content (AvgIpc) is 2.12. The van der Waals surface area contributed by atoms with E-state index >= 15 is 0 Å². The summed E-state index contributed by atoms with van der Waals surface area (Å²) in [5.74, 6) is 0. The molecule has 0 aliphatic heterocycles. The molecule has 0 aromatic carbocycles. The minimum atomic E-state index is 0.469. The maximum Gasteiger partial charge on any atom is 0.0635 e. The molecule has 0 amide bonds. The molecule has 0 bridgehead atoms. The number of nitriles is 1. The Morgan fingerprint density at radius 3 is 2.64 bits per heavy atom.